The summed E-state index contributed by atoms with van der Waals surface area (Å²) in [4.78, 5) is 0. The highest BCUT2D eigenvalue weighted by Crippen LogP contribution is 2.60. The van der Waals surface area contributed by atoms with Gasteiger partial charge in [-0.05, 0) is 56.3 Å². The number of aromatic nitrogens is 3. The molecule has 1 aromatic heterocycles. The molecule has 4 bridgehead atoms. The van der Waals surface area contributed by atoms with Crippen LogP contribution < -0.4 is 0 Å². The molecule has 1 heterocycles. The minimum absolute atomic E-state index is 0.301. The van der Waals surface area contributed by atoms with Crippen molar-refractivity contribution < 1.29 is 0 Å². The fraction of sp³-hybridized carbons (Fsp3) is 0.786. The Kier molecular flexibility index (Phi) is 2.09. The monoisotopic (exact) mass is 242 g/mol. The molecule has 0 saturated heterocycles. The highest BCUT2D eigenvalue weighted by Gasteiger charge is 2.52. The molecule has 0 unspecified atom stereocenters. The van der Waals surface area contributed by atoms with Gasteiger partial charge in [0.25, 0.3) is 0 Å². The van der Waals surface area contributed by atoms with Gasteiger partial charge in [-0.1, -0.05) is 5.21 Å². The Hall–Kier alpha value is -1.37. The van der Waals surface area contributed by atoms with E-state index in [1.54, 1.807) is 0 Å². The number of hydrogen-bond acceptors (Lipinski definition) is 3. The lowest BCUT2D eigenvalue weighted by Gasteiger charge is -2.56. The standard InChI is InChI=1S/C14H18N4/c15-1-2-18-13(9-16-17-18)14-6-10-3-11(7-14)5-12(4-10)8-14/h9-12H,2-8H2. The molecule has 0 radical (unpaired) electrons. The van der Waals surface area contributed by atoms with Crippen molar-refractivity contribution in [1.82, 2.24) is 15.0 Å². The summed E-state index contributed by atoms with van der Waals surface area (Å²) >= 11 is 0. The van der Waals surface area contributed by atoms with E-state index in [1.807, 2.05) is 10.9 Å². The molecule has 4 nitrogen and oxygen atoms in total. The first-order valence-corrected chi connectivity index (χ1v) is 7.05. The molecule has 0 N–H and O–H groups in total. The molecule has 1 aromatic rings. The fourth-order valence-electron chi connectivity index (χ4n) is 5.28. The van der Waals surface area contributed by atoms with Crippen LogP contribution in [0.4, 0.5) is 0 Å². The minimum Gasteiger partial charge on any atom is -0.235 e. The van der Waals surface area contributed by atoms with E-state index in [4.69, 9.17) is 5.26 Å². The third kappa shape index (κ3) is 1.36. The largest absolute Gasteiger partial charge is 0.235 e. The second-order valence-electron chi connectivity index (χ2n) is 6.63. The molecule has 4 aliphatic rings. The fourth-order valence-corrected chi connectivity index (χ4v) is 5.28. The topological polar surface area (TPSA) is 54.5 Å². The average Bonchev–Trinajstić information content (AvgIpc) is 2.76. The zero-order valence-electron chi connectivity index (χ0n) is 10.5. The molecule has 0 aromatic carbocycles. The minimum atomic E-state index is 0.301. The summed E-state index contributed by atoms with van der Waals surface area (Å²) in [5, 5.41) is 17.1. The maximum atomic E-state index is 8.91. The molecule has 4 heteroatoms. The first kappa shape index (κ1) is 10.5. The van der Waals surface area contributed by atoms with Crippen molar-refractivity contribution in [2.24, 2.45) is 17.8 Å². The molecule has 0 aliphatic heterocycles. The van der Waals surface area contributed by atoms with Crippen LogP contribution in [-0.2, 0) is 12.0 Å². The van der Waals surface area contributed by atoms with Crippen molar-refractivity contribution in [2.75, 3.05) is 0 Å². The zero-order chi connectivity index (χ0) is 12.2. The number of hydrogen-bond donors (Lipinski definition) is 0. The molecule has 0 atom stereocenters. The lowest BCUT2D eigenvalue weighted by Crippen LogP contribution is -2.49. The van der Waals surface area contributed by atoms with Crippen LogP contribution in [0.3, 0.4) is 0 Å². The zero-order valence-corrected chi connectivity index (χ0v) is 10.5. The maximum absolute atomic E-state index is 8.91. The van der Waals surface area contributed by atoms with Crippen molar-refractivity contribution in [3.05, 3.63) is 11.9 Å². The SMILES string of the molecule is N#CCn1nncc1C12CC3CC(CC(C3)C1)C2. The van der Waals surface area contributed by atoms with Gasteiger partial charge in [-0.25, -0.2) is 4.68 Å². The summed E-state index contributed by atoms with van der Waals surface area (Å²) in [6.45, 7) is 0.344. The Labute approximate surface area is 107 Å². The van der Waals surface area contributed by atoms with Crippen molar-refractivity contribution in [3.8, 4) is 6.07 Å². The third-order valence-corrected chi connectivity index (χ3v) is 5.42. The van der Waals surface area contributed by atoms with Gasteiger partial charge in [0.2, 0.25) is 0 Å². The predicted molar refractivity (Wildman–Crippen MR) is 65.5 cm³/mol. The van der Waals surface area contributed by atoms with E-state index < -0.39 is 0 Å². The molecule has 0 amide bonds. The Morgan fingerprint density at radius 2 is 1.83 bits per heavy atom. The molecule has 18 heavy (non-hydrogen) atoms. The summed E-state index contributed by atoms with van der Waals surface area (Å²) in [5.74, 6) is 2.75. The van der Waals surface area contributed by atoms with Crippen LogP contribution in [0.2, 0.25) is 0 Å². The van der Waals surface area contributed by atoms with Crippen LogP contribution in [-0.4, -0.2) is 15.0 Å². The van der Waals surface area contributed by atoms with Gasteiger partial charge >= 0.3 is 0 Å². The summed E-state index contributed by atoms with van der Waals surface area (Å²) in [5.41, 5.74) is 1.54. The van der Waals surface area contributed by atoms with Gasteiger partial charge in [0.1, 0.15) is 6.54 Å². The van der Waals surface area contributed by atoms with Crippen LogP contribution in [0.1, 0.15) is 44.2 Å². The Morgan fingerprint density at radius 1 is 1.22 bits per heavy atom. The van der Waals surface area contributed by atoms with Gasteiger partial charge < -0.3 is 0 Å². The van der Waals surface area contributed by atoms with Crippen molar-refractivity contribution in [3.63, 3.8) is 0 Å². The van der Waals surface area contributed by atoms with Crippen molar-refractivity contribution in [2.45, 2.75) is 50.5 Å². The first-order valence-electron chi connectivity index (χ1n) is 7.05. The second-order valence-corrected chi connectivity index (χ2v) is 6.63. The molecule has 5 rings (SSSR count). The first-order chi connectivity index (χ1) is 8.79. The van der Waals surface area contributed by atoms with Gasteiger partial charge in [0.05, 0.1) is 18.0 Å². The van der Waals surface area contributed by atoms with Gasteiger partial charge in [-0.3, -0.25) is 0 Å². The lowest BCUT2D eigenvalue weighted by atomic mass is 9.49. The number of nitrogens with zero attached hydrogens (tertiary/aromatic N) is 4. The van der Waals surface area contributed by atoms with E-state index in [-0.39, 0.29) is 0 Å². The molecule has 94 valence electrons. The van der Waals surface area contributed by atoms with E-state index in [0.717, 1.165) is 17.8 Å². The van der Waals surface area contributed by atoms with Gasteiger partial charge in [0, 0.05) is 5.41 Å². The highest BCUT2D eigenvalue weighted by molar-refractivity contribution is 5.21. The van der Waals surface area contributed by atoms with E-state index in [1.165, 1.54) is 44.2 Å². The second kappa shape index (κ2) is 3.57. The van der Waals surface area contributed by atoms with Crippen LogP contribution >= 0.6 is 0 Å². The molecule has 4 saturated carbocycles. The van der Waals surface area contributed by atoms with Crippen molar-refractivity contribution >= 4 is 0 Å². The summed E-state index contributed by atoms with van der Waals surface area (Å²) in [6.07, 6.45) is 10.2. The van der Waals surface area contributed by atoms with Crippen LogP contribution in [0.5, 0.6) is 0 Å². The maximum Gasteiger partial charge on any atom is 0.130 e. The van der Waals surface area contributed by atoms with Crippen LogP contribution in [0.25, 0.3) is 0 Å². The van der Waals surface area contributed by atoms with E-state index in [9.17, 15) is 0 Å². The number of nitriles is 1. The van der Waals surface area contributed by atoms with Crippen LogP contribution in [0, 0.1) is 29.1 Å². The summed E-state index contributed by atoms with van der Waals surface area (Å²) in [6, 6.07) is 2.20. The van der Waals surface area contributed by atoms with E-state index in [0.29, 0.717) is 12.0 Å². The van der Waals surface area contributed by atoms with E-state index >= 15 is 0 Å². The normalized spacial score (nSPS) is 40.9. The molecule has 4 fully saturated rings. The molecule has 0 spiro atoms. The summed E-state index contributed by atoms with van der Waals surface area (Å²) in [7, 11) is 0. The van der Waals surface area contributed by atoms with Crippen LogP contribution in [0.15, 0.2) is 6.20 Å². The van der Waals surface area contributed by atoms with E-state index in [2.05, 4.69) is 16.4 Å². The smallest absolute Gasteiger partial charge is 0.130 e. The highest BCUT2D eigenvalue weighted by atomic mass is 15.4. The predicted octanol–water partition coefficient (Wildman–Crippen LogP) is 2.27. The molecular formula is C14H18N4. The van der Waals surface area contributed by atoms with Gasteiger partial charge in [-0.15, -0.1) is 5.10 Å². The van der Waals surface area contributed by atoms with Gasteiger partial charge in [0.15, 0.2) is 0 Å². The Bertz CT molecular complexity index is 475. The quantitative estimate of drug-likeness (QED) is 0.799. The molecule has 4 aliphatic carbocycles. The van der Waals surface area contributed by atoms with Crippen molar-refractivity contribution in [1.29, 1.82) is 5.26 Å². The third-order valence-electron chi connectivity index (χ3n) is 5.42. The molecular weight excluding hydrogens is 224 g/mol. The lowest BCUT2D eigenvalue weighted by molar-refractivity contribution is -0.00908. The Morgan fingerprint density at radius 3 is 2.39 bits per heavy atom. The number of rotatable bonds is 2. The van der Waals surface area contributed by atoms with Gasteiger partial charge in [-0.2, -0.15) is 5.26 Å². The summed E-state index contributed by atoms with van der Waals surface area (Å²) < 4.78 is 1.84. The average molecular weight is 242 g/mol. The Balaban J connectivity index is 1.75.